The second kappa shape index (κ2) is 11.8. The number of aromatic nitrogens is 4. The smallest absolute Gasteiger partial charge is 0.243 e. The van der Waals surface area contributed by atoms with Crippen molar-refractivity contribution >= 4 is 40.0 Å². The van der Waals surface area contributed by atoms with Gasteiger partial charge in [-0.1, -0.05) is 18.7 Å². The monoisotopic (exact) mass is 552 g/mol. The number of H-pyrrole nitrogens is 1. The Hall–Kier alpha value is -4.77. The number of benzene rings is 1. The minimum absolute atomic E-state index is 0.0764. The molecule has 2 saturated heterocycles. The van der Waals surface area contributed by atoms with Gasteiger partial charge in [0.25, 0.3) is 0 Å². The first kappa shape index (κ1) is 26.5. The van der Waals surface area contributed by atoms with Crippen LogP contribution in [-0.4, -0.2) is 77.2 Å². The van der Waals surface area contributed by atoms with E-state index in [-0.39, 0.29) is 24.3 Å². The highest BCUT2D eigenvalue weighted by atomic mass is 16.5. The third-order valence-electron chi connectivity index (χ3n) is 7.42. The summed E-state index contributed by atoms with van der Waals surface area (Å²) in [5.74, 6) is 0.605. The lowest BCUT2D eigenvalue weighted by molar-refractivity contribution is -0.117. The Kier molecular flexibility index (Phi) is 7.59. The zero-order valence-electron chi connectivity index (χ0n) is 22.7. The third kappa shape index (κ3) is 6.04. The van der Waals surface area contributed by atoms with E-state index in [0.29, 0.717) is 31.1 Å². The van der Waals surface area contributed by atoms with Crippen molar-refractivity contribution in [2.24, 2.45) is 0 Å². The van der Waals surface area contributed by atoms with Crippen molar-refractivity contribution in [3.05, 3.63) is 73.3 Å². The van der Waals surface area contributed by atoms with Crippen molar-refractivity contribution in [2.45, 2.75) is 18.9 Å². The molecule has 0 spiro atoms. The fourth-order valence-corrected chi connectivity index (χ4v) is 5.34. The molecule has 0 bridgehead atoms. The van der Waals surface area contributed by atoms with Crippen LogP contribution >= 0.6 is 0 Å². The number of rotatable bonds is 8. The summed E-state index contributed by atoms with van der Waals surface area (Å²) in [6.07, 6.45) is 5.61. The third-order valence-corrected chi connectivity index (χ3v) is 7.42. The van der Waals surface area contributed by atoms with Crippen molar-refractivity contribution in [1.29, 1.82) is 0 Å². The number of hydrogen-bond donors (Lipinski definition) is 3. The molecule has 210 valence electrons. The van der Waals surface area contributed by atoms with E-state index in [1.165, 1.54) is 6.08 Å². The molecule has 2 aliphatic rings. The number of anilines is 3. The second-order valence-electron chi connectivity index (χ2n) is 10.2. The van der Waals surface area contributed by atoms with Crippen LogP contribution in [0.25, 0.3) is 22.3 Å². The standard InChI is InChI=1S/C30H32N8O3/c1-2-27(39)35-22-8-10-38(18-22)24-7-9-31-23(15-24)16-28(40)34-21-5-3-20(4-6-21)26-17-25-29(36-26)32-19-33-30(25)37-11-13-41-14-12-37/h2-7,9,15,17,19,22H,1,8,10-14,16,18H2,(H,34,40)(H,35,39)(H,32,33,36). The number of carbonyl (C=O) groups is 2. The van der Waals surface area contributed by atoms with Gasteiger partial charge in [0.1, 0.15) is 17.8 Å². The molecule has 2 fully saturated rings. The van der Waals surface area contributed by atoms with E-state index in [9.17, 15) is 9.59 Å². The summed E-state index contributed by atoms with van der Waals surface area (Å²) in [5.41, 5.74) is 5.08. The van der Waals surface area contributed by atoms with Gasteiger partial charge in [0.2, 0.25) is 11.8 Å². The number of nitrogens with one attached hydrogen (secondary N) is 3. The molecule has 1 aromatic carbocycles. The molecule has 1 atom stereocenters. The topological polar surface area (TPSA) is 128 Å². The molecular weight excluding hydrogens is 520 g/mol. The summed E-state index contributed by atoms with van der Waals surface area (Å²) in [4.78, 5) is 45.6. The molecule has 3 aromatic heterocycles. The summed E-state index contributed by atoms with van der Waals surface area (Å²) < 4.78 is 5.48. The number of ether oxygens (including phenoxy) is 1. The fourth-order valence-electron chi connectivity index (χ4n) is 5.34. The van der Waals surface area contributed by atoms with Crippen LogP contribution < -0.4 is 20.4 Å². The Balaban J connectivity index is 1.08. The highest BCUT2D eigenvalue weighted by molar-refractivity contribution is 5.94. The largest absolute Gasteiger partial charge is 0.378 e. The maximum absolute atomic E-state index is 12.8. The SMILES string of the molecule is C=CC(=O)NC1CCN(c2ccnc(CC(=O)Nc3ccc(-c4cc5c(N6CCOCC6)ncnc5[nH]4)cc3)c2)C1. The number of morpholine rings is 1. The van der Waals surface area contributed by atoms with Gasteiger partial charge in [0, 0.05) is 55.5 Å². The second-order valence-corrected chi connectivity index (χ2v) is 10.2. The van der Waals surface area contributed by atoms with Gasteiger partial charge < -0.3 is 30.2 Å². The predicted molar refractivity (Wildman–Crippen MR) is 158 cm³/mol. The van der Waals surface area contributed by atoms with Crippen molar-refractivity contribution < 1.29 is 14.3 Å². The van der Waals surface area contributed by atoms with Crippen LogP contribution in [0.3, 0.4) is 0 Å². The van der Waals surface area contributed by atoms with Crippen molar-refractivity contribution in [3.8, 4) is 11.3 Å². The molecule has 5 heterocycles. The van der Waals surface area contributed by atoms with Crippen molar-refractivity contribution in [2.75, 3.05) is 54.5 Å². The quantitative estimate of drug-likeness (QED) is 0.285. The van der Waals surface area contributed by atoms with E-state index in [2.05, 4.69) is 53.0 Å². The number of fused-ring (bicyclic) bond motifs is 1. The molecule has 1 unspecified atom stereocenters. The summed E-state index contributed by atoms with van der Waals surface area (Å²) in [6, 6.07) is 13.7. The first-order valence-electron chi connectivity index (χ1n) is 13.8. The van der Waals surface area contributed by atoms with E-state index in [1.54, 1.807) is 12.5 Å². The average Bonchev–Trinajstić information content (AvgIpc) is 3.65. The molecule has 4 aromatic rings. The van der Waals surface area contributed by atoms with Crippen LogP contribution in [0, 0.1) is 0 Å². The summed E-state index contributed by atoms with van der Waals surface area (Å²) in [5, 5.41) is 6.89. The van der Waals surface area contributed by atoms with Gasteiger partial charge in [-0.15, -0.1) is 0 Å². The summed E-state index contributed by atoms with van der Waals surface area (Å²) >= 11 is 0. The number of pyridine rings is 1. The van der Waals surface area contributed by atoms with Gasteiger partial charge in [-0.2, -0.15) is 0 Å². The van der Waals surface area contributed by atoms with Gasteiger partial charge in [-0.3, -0.25) is 14.6 Å². The Morgan fingerprint density at radius 2 is 1.88 bits per heavy atom. The predicted octanol–water partition coefficient (Wildman–Crippen LogP) is 2.92. The lowest BCUT2D eigenvalue weighted by atomic mass is 10.1. The molecule has 3 N–H and O–H groups in total. The van der Waals surface area contributed by atoms with Gasteiger partial charge >= 0.3 is 0 Å². The Labute approximate surface area is 237 Å². The van der Waals surface area contributed by atoms with Gasteiger partial charge in [-0.05, 0) is 48.4 Å². The molecule has 0 saturated carbocycles. The maximum Gasteiger partial charge on any atom is 0.243 e. The summed E-state index contributed by atoms with van der Waals surface area (Å²) in [6.45, 7) is 8.02. The number of nitrogens with zero attached hydrogens (tertiary/aromatic N) is 5. The van der Waals surface area contributed by atoms with Crippen LogP contribution in [-0.2, 0) is 20.7 Å². The van der Waals surface area contributed by atoms with Gasteiger partial charge in [0.05, 0.1) is 30.7 Å². The number of hydrogen-bond acceptors (Lipinski definition) is 8. The number of aromatic amines is 1. The van der Waals surface area contributed by atoms with Crippen LogP contribution in [0.2, 0.25) is 0 Å². The highest BCUT2D eigenvalue weighted by Crippen LogP contribution is 2.30. The molecule has 2 aliphatic heterocycles. The maximum atomic E-state index is 12.8. The van der Waals surface area contributed by atoms with Crippen LogP contribution in [0.15, 0.2) is 67.6 Å². The highest BCUT2D eigenvalue weighted by Gasteiger charge is 2.24. The molecule has 6 rings (SSSR count). The molecule has 0 radical (unpaired) electrons. The molecular formula is C30H32N8O3. The number of carbonyl (C=O) groups excluding carboxylic acids is 2. The molecule has 2 amide bonds. The Morgan fingerprint density at radius 1 is 1.05 bits per heavy atom. The lowest BCUT2D eigenvalue weighted by Gasteiger charge is -2.27. The Morgan fingerprint density at radius 3 is 2.68 bits per heavy atom. The minimum Gasteiger partial charge on any atom is -0.378 e. The summed E-state index contributed by atoms with van der Waals surface area (Å²) in [7, 11) is 0. The lowest BCUT2D eigenvalue weighted by Crippen LogP contribution is -2.36. The molecule has 11 heteroatoms. The Bertz CT molecular complexity index is 1560. The van der Waals surface area contributed by atoms with Crippen LogP contribution in [0.5, 0.6) is 0 Å². The first-order chi connectivity index (χ1) is 20.1. The van der Waals surface area contributed by atoms with Crippen molar-refractivity contribution in [3.63, 3.8) is 0 Å². The van der Waals surface area contributed by atoms with Crippen molar-refractivity contribution in [1.82, 2.24) is 25.3 Å². The fraction of sp³-hybridized carbons (Fsp3) is 0.300. The van der Waals surface area contributed by atoms with Gasteiger partial charge in [0.15, 0.2) is 0 Å². The molecule has 0 aliphatic carbocycles. The van der Waals surface area contributed by atoms with E-state index in [4.69, 9.17) is 4.74 Å². The van der Waals surface area contributed by atoms with Gasteiger partial charge in [-0.25, -0.2) is 9.97 Å². The van der Waals surface area contributed by atoms with E-state index >= 15 is 0 Å². The zero-order chi connectivity index (χ0) is 28.2. The molecule has 41 heavy (non-hydrogen) atoms. The first-order valence-corrected chi connectivity index (χ1v) is 13.8. The van der Waals surface area contributed by atoms with E-state index < -0.39 is 0 Å². The van der Waals surface area contributed by atoms with E-state index in [0.717, 1.165) is 59.9 Å². The zero-order valence-corrected chi connectivity index (χ0v) is 22.7. The van der Waals surface area contributed by atoms with Crippen LogP contribution in [0.4, 0.5) is 17.2 Å². The average molecular weight is 553 g/mol. The van der Waals surface area contributed by atoms with Crippen LogP contribution in [0.1, 0.15) is 12.1 Å². The molecule has 11 nitrogen and oxygen atoms in total. The normalized spacial score (nSPS) is 17.0. The van der Waals surface area contributed by atoms with E-state index in [1.807, 2.05) is 36.4 Å². The minimum atomic E-state index is -0.162. The number of amides is 2.